The van der Waals surface area contributed by atoms with Crippen molar-refractivity contribution in [2.24, 2.45) is 0 Å². The van der Waals surface area contributed by atoms with Gasteiger partial charge in [0.25, 0.3) is 0 Å². The van der Waals surface area contributed by atoms with E-state index in [-0.39, 0.29) is 4.90 Å². The normalized spacial score (nSPS) is 11.5. The molecule has 0 aliphatic carbocycles. The molecule has 0 fully saturated rings. The monoisotopic (exact) mass is 226 g/mol. The van der Waals surface area contributed by atoms with Crippen molar-refractivity contribution in [1.82, 2.24) is 0 Å². The maximum atomic E-state index is 11.6. The van der Waals surface area contributed by atoms with Crippen LogP contribution in [0.3, 0.4) is 0 Å². The molecule has 0 aliphatic heterocycles. The van der Waals surface area contributed by atoms with E-state index in [0.717, 1.165) is 11.5 Å². The highest BCUT2D eigenvalue weighted by atomic mass is 32.2. The summed E-state index contributed by atoms with van der Waals surface area (Å²) in [7, 11) is -2.36. The zero-order chi connectivity index (χ0) is 11.3. The second-order valence-electron chi connectivity index (χ2n) is 2.68. The number of rotatable bonds is 3. The van der Waals surface area contributed by atoms with Crippen LogP contribution in [0.2, 0.25) is 0 Å². The summed E-state index contributed by atoms with van der Waals surface area (Å²) in [5, 5.41) is 0.828. The molecule has 80 valence electrons. The average molecular weight is 226 g/mol. The van der Waals surface area contributed by atoms with Crippen LogP contribution in [0.5, 0.6) is 0 Å². The Hall–Kier alpha value is -1.62. The van der Waals surface area contributed by atoms with E-state index in [4.69, 9.17) is 0 Å². The molecule has 1 aromatic rings. The van der Waals surface area contributed by atoms with Gasteiger partial charge in [0.1, 0.15) is 0 Å². The van der Waals surface area contributed by atoms with Gasteiger partial charge in [-0.2, -0.15) is 0 Å². The van der Waals surface area contributed by atoms with E-state index >= 15 is 0 Å². The largest absolute Gasteiger partial charge is 0.466 e. The Bertz CT molecular complexity index is 459. The molecule has 0 atom stereocenters. The van der Waals surface area contributed by atoms with Crippen molar-refractivity contribution in [1.29, 1.82) is 0 Å². The van der Waals surface area contributed by atoms with Crippen LogP contribution in [0.4, 0.5) is 0 Å². The molecule has 0 saturated heterocycles. The fraction of sp³-hybridized carbons (Fsp3) is 0.100. The molecule has 0 aromatic heterocycles. The predicted molar refractivity (Wildman–Crippen MR) is 54.8 cm³/mol. The topological polar surface area (TPSA) is 60.4 Å². The fourth-order valence-corrected chi connectivity index (χ4v) is 1.89. The van der Waals surface area contributed by atoms with Crippen LogP contribution in [0.1, 0.15) is 0 Å². The Morgan fingerprint density at radius 1 is 1.27 bits per heavy atom. The number of benzene rings is 1. The third-order valence-corrected chi connectivity index (χ3v) is 3.08. The Kier molecular flexibility index (Phi) is 3.62. The van der Waals surface area contributed by atoms with Gasteiger partial charge in [-0.15, -0.1) is 0 Å². The second kappa shape index (κ2) is 4.75. The lowest BCUT2D eigenvalue weighted by Crippen LogP contribution is -1.99. The van der Waals surface area contributed by atoms with E-state index in [1.54, 1.807) is 18.2 Å². The number of hydrogen-bond donors (Lipinski definition) is 0. The minimum atomic E-state index is -3.55. The second-order valence-corrected chi connectivity index (χ2v) is 4.52. The average Bonchev–Trinajstić information content (AvgIpc) is 2.27. The van der Waals surface area contributed by atoms with Crippen LogP contribution in [0.25, 0.3) is 0 Å². The summed E-state index contributed by atoms with van der Waals surface area (Å²) < 4.78 is 27.4. The molecule has 0 N–H and O–H groups in total. The number of esters is 1. The van der Waals surface area contributed by atoms with Crippen LogP contribution >= 0.6 is 0 Å². The van der Waals surface area contributed by atoms with E-state index in [0.29, 0.717) is 0 Å². The van der Waals surface area contributed by atoms with Gasteiger partial charge in [0.2, 0.25) is 0 Å². The molecule has 15 heavy (non-hydrogen) atoms. The first-order chi connectivity index (χ1) is 7.06. The van der Waals surface area contributed by atoms with Crippen molar-refractivity contribution in [3.63, 3.8) is 0 Å². The maximum absolute atomic E-state index is 11.6. The third-order valence-electron chi connectivity index (χ3n) is 1.66. The van der Waals surface area contributed by atoms with Crippen molar-refractivity contribution < 1.29 is 17.9 Å². The lowest BCUT2D eigenvalue weighted by Gasteiger charge is -1.97. The van der Waals surface area contributed by atoms with Crippen LogP contribution in [-0.2, 0) is 19.4 Å². The van der Waals surface area contributed by atoms with E-state index in [1.807, 2.05) is 0 Å². The zero-order valence-electron chi connectivity index (χ0n) is 8.08. The summed E-state index contributed by atoms with van der Waals surface area (Å²) in [6.07, 6.45) is 0.877. The van der Waals surface area contributed by atoms with Crippen molar-refractivity contribution in [2.75, 3.05) is 7.11 Å². The van der Waals surface area contributed by atoms with Gasteiger partial charge in [0, 0.05) is 11.5 Å². The highest BCUT2D eigenvalue weighted by Gasteiger charge is 2.09. The molecule has 0 heterocycles. The smallest absolute Gasteiger partial charge is 0.331 e. The van der Waals surface area contributed by atoms with Gasteiger partial charge in [0.05, 0.1) is 12.0 Å². The van der Waals surface area contributed by atoms with E-state index in [2.05, 4.69) is 4.74 Å². The van der Waals surface area contributed by atoms with E-state index in [9.17, 15) is 13.2 Å². The first-order valence-corrected chi connectivity index (χ1v) is 5.67. The number of sulfone groups is 1. The Morgan fingerprint density at radius 2 is 1.87 bits per heavy atom. The lowest BCUT2D eigenvalue weighted by molar-refractivity contribution is -0.134. The Balaban J connectivity index is 2.96. The minimum Gasteiger partial charge on any atom is -0.466 e. The van der Waals surface area contributed by atoms with Gasteiger partial charge < -0.3 is 4.74 Å². The van der Waals surface area contributed by atoms with Crippen molar-refractivity contribution in [2.45, 2.75) is 4.90 Å². The van der Waals surface area contributed by atoms with Gasteiger partial charge in [-0.05, 0) is 12.1 Å². The summed E-state index contributed by atoms with van der Waals surface area (Å²) in [4.78, 5) is 10.9. The van der Waals surface area contributed by atoms with Crippen LogP contribution in [0.15, 0.2) is 46.7 Å². The number of hydrogen-bond acceptors (Lipinski definition) is 4. The third kappa shape index (κ3) is 3.21. The molecular formula is C10H10O4S. The lowest BCUT2D eigenvalue weighted by atomic mass is 10.4. The molecular weight excluding hydrogens is 216 g/mol. The van der Waals surface area contributed by atoms with E-state index in [1.165, 1.54) is 19.2 Å². The molecule has 0 aliphatic rings. The summed E-state index contributed by atoms with van der Waals surface area (Å²) in [5.41, 5.74) is 0. The molecule has 0 spiro atoms. The molecule has 1 aromatic carbocycles. The van der Waals surface area contributed by atoms with Gasteiger partial charge in [-0.3, -0.25) is 0 Å². The molecule has 0 unspecified atom stereocenters. The van der Waals surface area contributed by atoms with E-state index < -0.39 is 15.8 Å². The molecule has 0 saturated carbocycles. The zero-order valence-corrected chi connectivity index (χ0v) is 8.90. The first-order valence-electron chi connectivity index (χ1n) is 4.12. The van der Waals surface area contributed by atoms with Crippen molar-refractivity contribution in [3.8, 4) is 0 Å². The summed E-state index contributed by atoms with van der Waals surface area (Å²) >= 11 is 0. The standard InChI is InChI=1S/C10H10O4S/c1-14-10(11)7-8-15(12,13)9-5-3-2-4-6-9/h2-8H,1H3/b8-7+. The van der Waals surface area contributed by atoms with Crippen molar-refractivity contribution >= 4 is 15.8 Å². The number of carbonyl (C=O) groups is 1. The molecule has 5 heteroatoms. The Morgan fingerprint density at radius 3 is 2.40 bits per heavy atom. The minimum absolute atomic E-state index is 0.144. The fourth-order valence-electron chi connectivity index (χ4n) is 0.902. The van der Waals surface area contributed by atoms with Gasteiger partial charge in [-0.25, -0.2) is 13.2 Å². The van der Waals surface area contributed by atoms with Crippen LogP contribution < -0.4 is 0 Å². The Labute approximate surface area is 88.1 Å². The van der Waals surface area contributed by atoms with Gasteiger partial charge in [-0.1, -0.05) is 18.2 Å². The highest BCUT2D eigenvalue weighted by molar-refractivity contribution is 7.94. The number of carbonyl (C=O) groups excluding carboxylic acids is 1. The molecule has 0 amide bonds. The summed E-state index contributed by atoms with van der Waals surface area (Å²) in [6.45, 7) is 0. The molecule has 0 bridgehead atoms. The van der Waals surface area contributed by atoms with Gasteiger partial charge in [0.15, 0.2) is 9.84 Å². The summed E-state index contributed by atoms with van der Waals surface area (Å²) in [5.74, 6) is -0.700. The first kappa shape index (κ1) is 11.5. The highest BCUT2D eigenvalue weighted by Crippen LogP contribution is 2.10. The van der Waals surface area contributed by atoms with Crippen LogP contribution in [0, 0.1) is 0 Å². The summed E-state index contributed by atoms with van der Waals surface area (Å²) in [6, 6.07) is 7.84. The molecule has 0 radical (unpaired) electrons. The molecule has 4 nitrogen and oxygen atoms in total. The predicted octanol–water partition coefficient (Wildman–Crippen LogP) is 1.15. The maximum Gasteiger partial charge on any atom is 0.331 e. The SMILES string of the molecule is COC(=O)/C=C/S(=O)(=O)c1ccccc1. The van der Waals surface area contributed by atoms with Gasteiger partial charge >= 0.3 is 5.97 Å². The quantitative estimate of drug-likeness (QED) is 0.573. The van der Waals surface area contributed by atoms with Crippen LogP contribution in [-0.4, -0.2) is 21.5 Å². The number of methoxy groups -OCH3 is 1. The van der Waals surface area contributed by atoms with Crippen molar-refractivity contribution in [3.05, 3.63) is 41.8 Å². The molecule has 1 rings (SSSR count). The number of ether oxygens (including phenoxy) is 1.